The maximum atomic E-state index is 9.92. The predicted molar refractivity (Wildman–Crippen MR) is 71.8 cm³/mol. The van der Waals surface area contributed by atoms with Crippen LogP contribution in [0, 0.1) is 5.92 Å². The first-order valence-corrected chi connectivity index (χ1v) is 6.51. The Kier molecular flexibility index (Phi) is 5.76. The van der Waals surface area contributed by atoms with Gasteiger partial charge in [-0.05, 0) is 46.1 Å². The van der Waals surface area contributed by atoms with E-state index >= 15 is 0 Å². The van der Waals surface area contributed by atoms with Crippen LogP contribution in [0.15, 0.2) is 22.7 Å². The molecule has 0 aliphatic heterocycles. The molecule has 2 N–H and O–H groups in total. The van der Waals surface area contributed by atoms with Gasteiger partial charge < -0.3 is 10.4 Å². The van der Waals surface area contributed by atoms with E-state index in [2.05, 4.69) is 35.1 Å². The minimum Gasteiger partial charge on any atom is -0.387 e. The zero-order chi connectivity index (χ0) is 12.1. The summed E-state index contributed by atoms with van der Waals surface area (Å²) < 4.78 is 0.814. The monoisotopic (exact) mass is 305 g/mol. The van der Waals surface area contributed by atoms with Gasteiger partial charge in [-0.1, -0.05) is 31.5 Å². The second-order valence-electron chi connectivity index (χ2n) is 4.24. The summed E-state index contributed by atoms with van der Waals surface area (Å²) in [5, 5.41) is 13.8. The van der Waals surface area contributed by atoms with Crippen LogP contribution >= 0.6 is 27.5 Å². The molecule has 0 aliphatic rings. The van der Waals surface area contributed by atoms with Gasteiger partial charge in [0.15, 0.2) is 0 Å². The van der Waals surface area contributed by atoms with E-state index < -0.39 is 6.10 Å². The average Bonchev–Trinajstić information content (AvgIpc) is 2.21. The number of hydrogen-bond donors (Lipinski definition) is 2. The van der Waals surface area contributed by atoms with Gasteiger partial charge in [-0.2, -0.15) is 0 Å². The number of rotatable bonds is 5. The number of aliphatic hydroxyl groups is 1. The van der Waals surface area contributed by atoms with Gasteiger partial charge in [0, 0.05) is 11.0 Å². The molecule has 1 aromatic carbocycles. The first-order valence-electron chi connectivity index (χ1n) is 5.34. The summed E-state index contributed by atoms with van der Waals surface area (Å²) in [5.41, 5.74) is 0.868. The molecule has 0 amide bonds. The van der Waals surface area contributed by atoms with Crippen molar-refractivity contribution < 1.29 is 5.11 Å². The highest BCUT2D eigenvalue weighted by Gasteiger charge is 2.08. The van der Waals surface area contributed by atoms with Crippen molar-refractivity contribution in [1.82, 2.24) is 5.32 Å². The van der Waals surface area contributed by atoms with Crippen LogP contribution in [0.3, 0.4) is 0 Å². The standard InChI is InChI=1S/C12H17BrClNO/c1-8(2)6-15-7-12(16)9-3-4-11(14)10(13)5-9/h3-5,8,12,15-16H,6-7H2,1-2H3. The van der Waals surface area contributed by atoms with Gasteiger partial charge in [-0.15, -0.1) is 0 Å². The van der Waals surface area contributed by atoms with Gasteiger partial charge in [-0.3, -0.25) is 0 Å². The molecule has 0 heterocycles. The van der Waals surface area contributed by atoms with Gasteiger partial charge >= 0.3 is 0 Å². The van der Waals surface area contributed by atoms with Gasteiger partial charge in [0.2, 0.25) is 0 Å². The molecule has 16 heavy (non-hydrogen) atoms. The average molecular weight is 307 g/mol. The van der Waals surface area contributed by atoms with E-state index in [-0.39, 0.29) is 0 Å². The lowest BCUT2D eigenvalue weighted by atomic mass is 10.1. The van der Waals surface area contributed by atoms with Gasteiger partial charge in [0.1, 0.15) is 0 Å². The fourth-order valence-corrected chi connectivity index (χ4v) is 1.86. The highest BCUT2D eigenvalue weighted by molar-refractivity contribution is 9.10. The lowest BCUT2D eigenvalue weighted by Crippen LogP contribution is -2.25. The first kappa shape index (κ1) is 14.0. The minimum atomic E-state index is -0.493. The molecular weight excluding hydrogens is 289 g/mol. The molecular formula is C12H17BrClNO. The topological polar surface area (TPSA) is 32.3 Å². The van der Waals surface area contributed by atoms with Crippen LogP contribution in [0.4, 0.5) is 0 Å². The van der Waals surface area contributed by atoms with E-state index in [1.54, 1.807) is 6.07 Å². The largest absolute Gasteiger partial charge is 0.387 e. The van der Waals surface area contributed by atoms with Gasteiger partial charge in [0.05, 0.1) is 11.1 Å². The van der Waals surface area contributed by atoms with Crippen LogP contribution in [0.5, 0.6) is 0 Å². The van der Waals surface area contributed by atoms with Crippen LogP contribution in [-0.2, 0) is 0 Å². The second kappa shape index (κ2) is 6.60. The Bertz CT molecular complexity index is 344. The summed E-state index contributed by atoms with van der Waals surface area (Å²) in [6.07, 6.45) is -0.493. The van der Waals surface area contributed by atoms with E-state index in [1.165, 1.54) is 0 Å². The molecule has 0 spiro atoms. The van der Waals surface area contributed by atoms with Crippen molar-refractivity contribution in [2.24, 2.45) is 5.92 Å². The minimum absolute atomic E-state index is 0.493. The molecule has 0 saturated heterocycles. The van der Waals surface area contributed by atoms with Crippen LogP contribution in [0.1, 0.15) is 25.5 Å². The van der Waals surface area contributed by atoms with E-state index in [9.17, 15) is 5.11 Å². The number of hydrogen-bond acceptors (Lipinski definition) is 2. The molecule has 0 aliphatic carbocycles. The molecule has 90 valence electrons. The van der Waals surface area contributed by atoms with Crippen LogP contribution in [0.2, 0.25) is 5.02 Å². The fraction of sp³-hybridized carbons (Fsp3) is 0.500. The first-order chi connectivity index (χ1) is 7.50. The summed E-state index contributed by atoms with van der Waals surface area (Å²) in [4.78, 5) is 0. The van der Waals surface area contributed by atoms with Crippen molar-refractivity contribution in [2.75, 3.05) is 13.1 Å². The van der Waals surface area contributed by atoms with Gasteiger partial charge in [-0.25, -0.2) is 0 Å². The number of halogens is 2. The van der Waals surface area contributed by atoms with E-state index in [4.69, 9.17) is 11.6 Å². The normalized spacial score (nSPS) is 13.1. The molecule has 1 rings (SSSR count). The lowest BCUT2D eigenvalue weighted by molar-refractivity contribution is 0.173. The smallest absolute Gasteiger partial charge is 0.0914 e. The Balaban J connectivity index is 2.52. The van der Waals surface area contributed by atoms with Crippen molar-refractivity contribution in [3.63, 3.8) is 0 Å². The Morgan fingerprint density at radius 3 is 2.62 bits per heavy atom. The summed E-state index contributed by atoms with van der Waals surface area (Å²) in [7, 11) is 0. The third-order valence-corrected chi connectivity index (χ3v) is 3.43. The number of nitrogens with one attached hydrogen (secondary N) is 1. The Labute approximate surface area is 110 Å². The third kappa shape index (κ3) is 4.42. The molecule has 0 radical (unpaired) electrons. The van der Waals surface area contributed by atoms with E-state index in [0.29, 0.717) is 17.5 Å². The molecule has 0 aromatic heterocycles. The highest BCUT2D eigenvalue weighted by Crippen LogP contribution is 2.25. The molecule has 0 fully saturated rings. The molecule has 1 unspecified atom stereocenters. The Hall–Kier alpha value is -0.0900. The third-order valence-electron chi connectivity index (χ3n) is 2.22. The van der Waals surface area contributed by atoms with Crippen molar-refractivity contribution >= 4 is 27.5 Å². The van der Waals surface area contributed by atoms with E-state index in [1.807, 2.05) is 12.1 Å². The molecule has 0 bridgehead atoms. The maximum Gasteiger partial charge on any atom is 0.0914 e. The quantitative estimate of drug-likeness (QED) is 0.874. The SMILES string of the molecule is CC(C)CNCC(O)c1ccc(Cl)c(Br)c1. The number of aliphatic hydroxyl groups excluding tert-OH is 1. The Morgan fingerprint density at radius 2 is 2.06 bits per heavy atom. The van der Waals surface area contributed by atoms with Crippen molar-refractivity contribution in [3.8, 4) is 0 Å². The molecule has 1 aromatic rings. The zero-order valence-corrected chi connectivity index (χ0v) is 11.8. The number of benzene rings is 1. The van der Waals surface area contributed by atoms with Crippen LogP contribution in [-0.4, -0.2) is 18.2 Å². The van der Waals surface area contributed by atoms with Crippen LogP contribution in [0.25, 0.3) is 0 Å². The summed E-state index contributed by atoms with van der Waals surface area (Å²) >= 11 is 9.23. The summed E-state index contributed by atoms with van der Waals surface area (Å²) in [5.74, 6) is 0.587. The van der Waals surface area contributed by atoms with Gasteiger partial charge in [0.25, 0.3) is 0 Å². The predicted octanol–water partition coefficient (Wildman–Crippen LogP) is 3.38. The molecule has 2 nitrogen and oxygen atoms in total. The lowest BCUT2D eigenvalue weighted by Gasteiger charge is -2.14. The molecule has 4 heteroatoms. The summed E-state index contributed by atoms with van der Waals surface area (Å²) in [6, 6.07) is 5.48. The zero-order valence-electron chi connectivity index (χ0n) is 9.50. The molecule has 1 atom stereocenters. The van der Waals surface area contributed by atoms with Crippen molar-refractivity contribution in [3.05, 3.63) is 33.3 Å². The summed E-state index contributed by atoms with van der Waals surface area (Å²) in [6.45, 7) is 5.74. The van der Waals surface area contributed by atoms with Crippen molar-refractivity contribution in [1.29, 1.82) is 0 Å². The highest BCUT2D eigenvalue weighted by atomic mass is 79.9. The van der Waals surface area contributed by atoms with E-state index in [0.717, 1.165) is 16.6 Å². The fourth-order valence-electron chi connectivity index (χ4n) is 1.35. The Morgan fingerprint density at radius 1 is 1.38 bits per heavy atom. The van der Waals surface area contributed by atoms with Crippen LogP contribution < -0.4 is 5.32 Å². The maximum absolute atomic E-state index is 9.92. The van der Waals surface area contributed by atoms with Crippen molar-refractivity contribution in [2.45, 2.75) is 20.0 Å². The second-order valence-corrected chi connectivity index (χ2v) is 5.50. The molecule has 0 saturated carbocycles.